The summed E-state index contributed by atoms with van der Waals surface area (Å²) in [5.74, 6) is 0.854. The number of aryl methyl sites for hydroxylation is 2. The standard InChI is InChI=1S/C13H18N6O/c20-13-3-1-2-9-18(13)10-6-12-15-16-17-19(12)11-4-7-14-8-5-11/h1-3,9,11,14H,4-8,10H2. The van der Waals surface area contributed by atoms with Gasteiger partial charge in [-0.1, -0.05) is 6.07 Å². The first-order valence-corrected chi connectivity index (χ1v) is 6.97. The van der Waals surface area contributed by atoms with Crippen molar-refractivity contribution < 1.29 is 0 Å². The molecule has 0 aliphatic carbocycles. The number of hydrogen-bond acceptors (Lipinski definition) is 5. The van der Waals surface area contributed by atoms with Gasteiger partial charge < -0.3 is 9.88 Å². The average Bonchev–Trinajstić information content (AvgIpc) is 2.96. The molecular formula is C13H18N6O. The lowest BCUT2D eigenvalue weighted by Crippen LogP contribution is -2.31. The molecule has 0 radical (unpaired) electrons. The van der Waals surface area contributed by atoms with Crippen LogP contribution in [0.1, 0.15) is 24.7 Å². The van der Waals surface area contributed by atoms with Gasteiger partial charge in [-0.2, -0.15) is 0 Å². The molecule has 1 aliphatic rings. The van der Waals surface area contributed by atoms with Crippen molar-refractivity contribution in [2.75, 3.05) is 13.1 Å². The van der Waals surface area contributed by atoms with E-state index in [1.54, 1.807) is 22.9 Å². The zero-order valence-electron chi connectivity index (χ0n) is 11.3. The Morgan fingerprint density at radius 3 is 2.95 bits per heavy atom. The van der Waals surface area contributed by atoms with Crippen molar-refractivity contribution in [1.82, 2.24) is 30.1 Å². The van der Waals surface area contributed by atoms with E-state index in [0.29, 0.717) is 19.0 Å². The van der Waals surface area contributed by atoms with E-state index >= 15 is 0 Å². The number of piperidine rings is 1. The number of aromatic nitrogens is 5. The van der Waals surface area contributed by atoms with Crippen LogP contribution in [-0.4, -0.2) is 37.9 Å². The van der Waals surface area contributed by atoms with Gasteiger partial charge in [-0.05, 0) is 42.4 Å². The Morgan fingerprint density at radius 2 is 2.15 bits per heavy atom. The van der Waals surface area contributed by atoms with Gasteiger partial charge in [0.2, 0.25) is 0 Å². The summed E-state index contributed by atoms with van der Waals surface area (Å²) in [5.41, 5.74) is 0.00777. The third-order valence-electron chi connectivity index (χ3n) is 3.69. The number of pyridine rings is 1. The van der Waals surface area contributed by atoms with Crippen LogP contribution in [0.15, 0.2) is 29.2 Å². The molecule has 0 amide bonds. The van der Waals surface area contributed by atoms with Crippen LogP contribution in [0.25, 0.3) is 0 Å². The Balaban J connectivity index is 1.70. The Labute approximate surface area is 116 Å². The van der Waals surface area contributed by atoms with Crippen molar-refractivity contribution in [3.8, 4) is 0 Å². The fourth-order valence-corrected chi connectivity index (χ4v) is 2.58. The van der Waals surface area contributed by atoms with Gasteiger partial charge in [0, 0.05) is 25.2 Å². The fraction of sp³-hybridized carbons (Fsp3) is 0.538. The quantitative estimate of drug-likeness (QED) is 0.849. The Morgan fingerprint density at radius 1 is 1.30 bits per heavy atom. The number of hydrogen-bond donors (Lipinski definition) is 1. The lowest BCUT2D eigenvalue weighted by atomic mass is 10.1. The second kappa shape index (κ2) is 5.96. The normalized spacial score (nSPS) is 16.4. The monoisotopic (exact) mass is 274 g/mol. The summed E-state index contributed by atoms with van der Waals surface area (Å²) in [6.45, 7) is 2.61. The van der Waals surface area contributed by atoms with Crippen molar-refractivity contribution in [1.29, 1.82) is 0 Å². The largest absolute Gasteiger partial charge is 0.317 e. The highest BCUT2D eigenvalue weighted by Gasteiger charge is 2.19. The van der Waals surface area contributed by atoms with Crippen LogP contribution in [0.4, 0.5) is 0 Å². The van der Waals surface area contributed by atoms with E-state index in [2.05, 4.69) is 20.8 Å². The maximum Gasteiger partial charge on any atom is 0.250 e. The molecule has 1 N–H and O–H groups in total. The summed E-state index contributed by atoms with van der Waals surface area (Å²) < 4.78 is 3.61. The molecule has 0 spiro atoms. The first-order valence-electron chi connectivity index (χ1n) is 6.97. The van der Waals surface area contributed by atoms with Gasteiger partial charge in [0.25, 0.3) is 5.56 Å². The number of nitrogens with one attached hydrogen (secondary N) is 1. The molecule has 7 nitrogen and oxygen atoms in total. The van der Waals surface area contributed by atoms with Gasteiger partial charge in [0.05, 0.1) is 6.04 Å². The molecule has 1 fully saturated rings. The van der Waals surface area contributed by atoms with Gasteiger partial charge in [0.15, 0.2) is 5.82 Å². The maximum absolute atomic E-state index is 11.7. The number of rotatable bonds is 4. The van der Waals surface area contributed by atoms with Gasteiger partial charge >= 0.3 is 0 Å². The molecule has 3 heterocycles. The highest BCUT2D eigenvalue weighted by atomic mass is 16.1. The van der Waals surface area contributed by atoms with Gasteiger partial charge in [-0.25, -0.2) is 4.68 Å². The summed E-state index contributed by atoms with van der Waals surface area (Å²) in [4.78, 5) is 11.7. The van der Waals surface area contributed by atoms with Crippen molar-refractivity contribution in [2.45, 2.75) is 31.8 Å². The third-order valence-corrected chi connectivity index (χ3v) is 3.69. The molecule has 0 unspecified atom stereocenters. The van der Waals surface area contributed by atoms with E-state index in [1.165, 1.54) is 0 Å². The second-order valence-electron chi connectivity index (χ2n) is 5.00. The number of tetrazole rings is 1. The summed E-state index contributed by atoms with van der Waals surface area (Å²) in [5, 5.41) is 15.3. The third kappa shape index (κ3) is 2.77. The summed E-state index contributed by atoms with van der Waals surface area (Å²) in [7, 11) is 0. The van der Waals surface area contributed by atoms with E-state index in [0.717, 1.165) is 31.8 Å². The topological polar surface area (TPSA) is 77.6 Å². The Kier molecular flexibility index (Phi) is 3.87. The Hall–Kier alpha value is -2.02. The first-order chi connectivity index (χ1) is 9.84. The minimum Gasteiger partial charge on any atom is -0.317 e. The molecule has 0 bridgehead atoms. The molecule has 3 rings (SSSR count). The van der Waals surface area contributed by atoms with Crippen LogP contribution in [0, 0.1) is 0 Å². The molecule has 2 aromatic heterocycles. The molecule has 1 aliphatic heterocycles. The first kappa shape index (κ1) is 13.0. The lowest BCUT2D eigenvalue weighted by Gasteiger charge is -2.23. The summed E-state index contributed by atoms with van der Waals surface area (Å²) in [6, 6.07) is 5.54. The molecular weight excluding hydrogens is 256 g/mol. The average molecular weight is 274 g/mol. The molecule has 0 aromatic carbocycles. The van der Waals surface area contributed by atoms with Crippen LogP contribution < -0.4 is 10.9 Å². The minimum absolute atomic E-state index is 0.00777. The van der Waals surface area contributed by atoms with Gasteiger partial charge in [-0.15, -0.1) is 5.10 Å². The van der Waals surface area contributed by atoms with E-state index < -0.39 is 0 Å². The number of nitrogens with zero attached hydrogens (tertiary/aromatic N) is 5. The lowest BCUT2D eigenvalue weighted by molar-refractivity contribution is 0.328. The highest BCUT2D eigenvalue weighted by molar-refractivity contribution is 4.94. The van der Waals surface area contributed by atoms with E-state index in [9.17, 15) is 4.79 Å². The molecule has 2 aromatic rings. The SMILES string of the molecule is O=c1ccccn1CCc1nnnn1C1CCNCC1. The zero-order valence-corrected chi connectivity index (χ0v) is 11.3. The molecule has 106 valence electrons. The van der Waals surface area contributed by atoms with Crippen molar-refractivity contribution >= 4 is 0 Å². The van der Waals surface area contributed by atoms with E-state index in [-0.39, 0.29) is 5.56 Å². The molecule has 1 saturated heterocycles. The highest BCUT2D eigenvalue weighted by Crippen LogP contribution is 2.18. The Bertz CT molecular complexity index is 613. The predicted octanol–water partition coefficient (Wildman–Crippen LogP) is 0.00200. The molecule has 20 heavy (non-hydrogen) atoms. The van der Waals surface area contributed by atoms with Crippen molar-refractivity contribution in [3.05, 3.63) is 40.6 Å². The maximum atomic E-state index is 11.7. The van der Waals surface area contributed by atoms with E-state index in [1.807, 2.05) is 10.7 Å². The van der Waals surface area contributed by atoms with Gasteiger partial charge in [0.1, 0.15) is 0 Å². The summed E-state index contributed by atoms with van der Waals surface area (Å²) in [6.07, 6.45) is 4.55. The van der Waals surface area contributed by atoms with Crippen LogP contribution in [0.2, 0.25) is 0 Å². The summed E-state index contributed by atoms with van der Waals surface area (Å²) >= 11 is 0. The molecule has 0 atom stereocenters. The minimum atomic E-state index is 0.00777. The smallest absolute Gasteiger partial charge is 0.250 e. The molecule has 0 saturated carbocycles. The van der Waals surface area contributed by atoms with Crippen molar-refractivity contribution in [2.24, 2.45) is 0 Å². The second-order valence-corrected chi connectivity index (χ2v) is 5.00. The van der Waals surface area contributed by atoms with Crippen LogP contribution in [-0.2, 0) is 13.0 Å². The molecule has 7 heteroatoms. The van der Waals surface area contributed by atoms with Crippen LogP contribution in [0.5, 0.6) is 0 Å². The van der Waals surface area contributed by atoms with Crippen LogP contribution in [0.3, 0.4) is 0 Å². The van der Waals surface area contributed by atoms with Gasteiger partial charge in [-0.3, -0.25) is 4.79 Å². The van der Waals surface area contributed by atoms with E-state index in [4.69, 9.17) is 0 Å². The zero-order chi connectivity index (χ0) is 13.8. The van der Waals surface area contributed by atoms with Crippen LogP contribution >= 0.6 is 0 Å². The predicted molar refractivity (Wildman–Crippen MR) is 73.4 cm³/mol. The van der Waals surface area contributed by atoms with Crippen molar-refractivity contribution in [3.63, 3.8) is 0 Å². The fourth-order valence-electron chi connectivity index (χ4n) is 2.58.